The van der Waals surface area contributed by atoms with Crippen molar-refractivity contribution >= 4 is 40.1 Å². The van der Waals surface area contributed by atoms with Crippen molar-refractivity contribution in [3.05, 3.63) is 178 Å². The second kappa shape index (κ2) is 11.3. The molecule has 0 radical (unpaired) electrons. The molecule has 5 aromatic carbocycles. The first-order chi connectivity index (χ1) is 20.7. The molecule has 0 amide bonds. The third-order valence-electron chi connectivity index (χ3n) is 7.58. The summed E-state index contributed by atoms with van der Waals surface area (Å²) >= 11 is 1.60. The van der Waals surface area contributed by atoms with E-state index in [2.05, 4.69) is 127 Å². The second-order valence-corrected chi connectivity index (χ2v) is 11.2. The fourth-order valence-electron chi connectivity index (χ4n) is 5.54. The molecule has 42 heavy (non-hydrogen) atoms. The quantitative estimate of drug-likeness (QED) is 0.197. The van der Waals surface area contributed by atoms with E-state index < -0.39 is 0 Å². The van der Waals surface area contributed by atoms with Crippen LogP contribution in [0.15, 0.2) is 151 Å². The first-order valence-corrected chi connectivity index (χ1v) is 14.9. The number of hydrogen-bond acceptors (Lipinski definition) is 3. The molecular weight excluding hydrogens is 529 g/mol. The van der Waals surface area contributed by atoms with E-state index in [1.807, 2.05) is 35.7 Å². The number of fused-ring (bicyclic) bond motifs is 1. The maximum Gasteiger partial charge on any atom is 0.0811 e. The minimum Gasteiger partial charge on any atom is -0.354 e. The van der Waals surface area contributed by atoms with Gasteiger partial charge in [-0.3, -0.25) is 5.41 Å². The van der Waals surface area contributed by atoms with E-state index in [0.717, 1.165) is 66.4 Å². The van der Waals surface area contributed by atoms with Crippen LogP contribution in [0.1, 0.15) is 27.1 Å². The molecule has 0 bridgehead atoms. The fraction of sp³-hybridized carbons (Fsp3) is 0. The Bertz CT molecular complexity index is 1880. The molecule has 0 atom stereocenters. The predicted octanol–water partition coefficient (Wildman–Crippen LogP) is 10.1. The van der Waals surface area contributed by atoms with Gasteiger partial charge in [0.15, 0.2) is 0 Å². The fourth-order valence-corrected chi connectivity index (χ4v) is 6.22. The molecule has 7 rings (SSSR count). The van der Waals surface area contributed by atoms with Gasteiger partial charge in [-0.1, -0.05) is 121 Å². The zero-order chi connectivity index (χ0) is 28.3. The number of rotatable bonds is 6. The standard InChI is InChI=1S/C39H28N2S/c40-38(36-21-12-22-42-36)37(39-34-20-11-10-19-30(34)26-35(41-39)29-17-8-3-9-18-29)33-24-31(27-13-4-1-5-14-27)23-32(25-33)28-15-6-2-7-16-28/h1-26,40-41H/b39-37-,40-38?. The van der Waals surface area contributed by atoms with Crippen LogP contribution in [0, 0.1) is 5.41 Å². The number of hydrogen-bond donors (Lipinski definition) is 2. The summed E-state index contributed by atoms with van der Waals surface area (Å²) in [5.41, 5.74) is 12.2. The summed E-state index contributed by atoms with van der Waals surface area (Å²) in [6, 6.07) is 50.6. The minimum absolute atomic E-state index is 0.501. The van der Waals surface area contributed by atoms with Crippen molar-refractivity contribution in [3.8, 4) is 22.3 Å². The van der Waals surface area contributed by atoms with Crippen molar-refractivity contribution in [2.24, 2.45) is 0 Å². The Morgan fingerprint density at radius 3 is 1.71 bits per heavy atom. The number of benzene rings is 5. The van der Waals surface area contributed by atoms with Gasteiger partial charge in [0.2, 0.25) is 0 Å². The zero-order valence-electron chi connectivity index (χ0n) is 22.9. The lowest BCUT2D eigenvalue weighted by Gasteiger charge is -2.26. The highest BCUT2D eigenvalue weighted by Gasteiger charge is 2.24. The van der Waals surface area contributed by atoms with Gasteiger partial charge in [-0.05, 0) is 74.7 Å². The monoisotopic (exact) mass is 556 g/mol. The number of allylic oxidation sites excluding steroid dienone is 1. The lowest BCUT2D eigenvalue weighted by atomic mass is 9.87. The van der Waals surface area contributed by atoms with Crippen LogP contribution in [-0.4, -0.2) is 5.71 Å². The molecule has 1 aromatic heterocycles. The summed E-state index contributed by atoms with van der Waals surface area (Å²) in [5.74, 6) is 0. The highest BCUT2D eigenvalue weighted by atomic mass is 32.1. The Morgan fingerprint density at radius 1 is 0.548 bits per heavy atom. The highest BCUT2D eigenvalue weighted by Crippen LogP contribution is 2.39. The molecule has 200 valence electrons. The first-order valence-electron chi connectivity index (χ1n) is 14.0. The Balaban J connectivity index is 1.52. The van der Waals surface area contributed by atoms with E-state index in [4.69, 9.17) is 0 Å². The SMILES string of the molecule is N=C(/C(=C1\NC(c2ccccc2)=Cc2ccccc21)c1cc(-c2ccccc2)cc(-c2ccccc2)c1)c1cccs1. The van der Waals surface area contributed by atoms with E-state index in [0.29, 0.717) is 5.71 Å². The third-order valence-corrected chi connectivity index (χ3v) is 8.47. The van der Waals surface area contributed by atoms with Crippen molar-refractivity contribution in [2.45, 2.75) is 0 Å². The van der Waals surface area contributed by atoms with Crippen LogP contribution in [-0.2, 0) is 0 Å². The molecule has 0 unspecified atom stereocenters. The molecule has 1 aliphatic heterocycles. The normalized spacial score (nSPS) is 13.5. The second-order valence-electron chi connectivity index (χ2n) is 10.3. The van der Waals surface area contributed by atoms with Gasteiger partial charge in [0, 0.05) is 16.8 Å². The van der Waals surface area contributed by atoms with Gasteiger partial charge in [-0.15, -0.1) is 11.3 Å². The summed E-state index contributed by atoms with van der Waals surface area (Å²) < 4.78 is 0. The summed E-state index contributed by atoms with van der Waals surface area (Å²) in [6.07, 6.45) is 2.20. The third kappa shape index (κ3) is 5.03. The van der Waals surface area contributed by atoms with Crippen LogP contribution >= 0.6 is 11.3 Å². The van der Waals surface area contributed by atoms with Crippen LogP contribution in [0.4, 0.5) is 0 Å². The predicted molar refractivity (Wildman–Crippen MR) is 179 cm³/mol. The highest BCUT2D eigenvalue weighted by molar-refractivity contribution is 7.12. The maximum atomic E-state index is 9.63. The van der Waals surface area contributed by atoms with Gasteiger partial charge in [-0.2, -0.15) is 0 Å². The van der Waals surface area contributed by atoms with Gasteiger partial charge < -0.3 is 5.32 Å². The molecule has 0 aliphatic carbocycles. The van der Waals surface area contributed by atoms with E-state index >= 15 is 0 Å². The van der Waals surface area contributed by atoms with Crippen molar-refractivity contribution in [1.82, 2.24) is 5.32 Å². The average molecular weight is 557 g/mol. The largest absolute Gasteiger partial charge is 0.354 e. The smallest absolute Gasteiger partial charge is 0.0811 e. The lowest BCUT2D eigenvalue weighted by molar-refractivity contribution is 1.22. The number of nitrogens with one attached hydrogen (secondary N) is 2. The lowest BCUT2D eigenvalue weighted by Crippen LogP contribution is -2.20. The Labute approximate surface area is 250 Å². The Hall–Kier alpha value is -5.25. The molecule has 1 aliphatic rings. The van der Waals surface area contributed by atoms with Gasteiger partial charge in [0.25, 0.3) is 0 Å². The van der Waals surface area contributed by atoms with E-state index in [1.165, 1.54) is 0 Å². The van der Waals surface area contributed by atoms with Crippen LogP contribution in [0.25, 0.3) is 45.3 Å². The van der Waals surface area contributed by atoms with Crippen molar-refractivity contribution in [2.75, 3.05) is 0 Å². The van der Waals surface area contributed by atoms with E-state index in [9.17, 15) is 5.41 Å². The van der Waals surface area contributed by atoms with Crippen LogP contribution in [0.5, 0.6) is 0 Å². The summed E-state index contributed by atoms with van der Waals surface area (Å²) in [4.78, 5) is 0.930. The van der Waals surface area contributed by atoms with Crippen molar-refractivity contribution in [1.29, 1.82) is 5.41 Å². The first kappa shape index (κ1) is 25.7. The molecule has 0 saturated carbocycles. The molecule has 2 heterocycles. The van der Waals surface area contributed by atoms with Crippen LogP contribution < -0.4 is 5.32 Å². The molecule has 3 heteroatoms. The summed E-state index contributed by atoms with van der Waals surface area (Å²) in [6.45, 7) is 0. The Morgan fingerprint density at radius 2 is 1.12 bits per heavy atom. The molecule has 0 saturated heterocycles. The summed E-state index contributed by atoms with van der Waals surface area (Å²) in [5, 5.41) is 15.5. The molecule has 0 spiro atoms. The average Bonchev–Trinajstić information content (AvgIpc) is 3.61. The van der Waals surface area contributed by atoms with Gasteiger partial charge >= 0.3 is 0 Å². The van der Waals surface area contributed by atoms with Gasteiger partial charge in [-0.25, -0.2) is 0 Å². The zero-order valence-corrected chi connectivity index (χ0v) is 23.7. The van der Waals surface area contributed by atoms with E-state index in [1.54, 1.807) is 11.3 Å². The molecular formula is C39H28N2S. The minimum atomic E-state index is 0.501. The maximum absolute atomic E-state index is 9.63. The number of thiophene rings is 1. The molecule has 6 aromatic rings. The molecule has 0 fully saturated rings. The topological polar surface area (TPSA) is 35.9 Å². The van der Waals surface area contributed by atoms with Crippen molar-refractivity contribution in [3.63, 3.8) is 0 Å². The van der Waals surface area contributed by atoms with Crippen LogP contribution in [0.2, 0.25) is 0 Å². The Kier molecular flexibility index (Phi) is 6.93. The van der Waals surface area contributed by atoms with Gasteiger partial charge in [0.05, 0.1) is 16.3 Å². The summed E-state index contributed by atoms with van der Waals surface area (Å²) in [7, 11) is 0. The van der Waals surface area contributed by atoms with Crippen molar-refractivity contribution < 1.29 is 0 Å². The van der Waals surface area contributed by atoms with Gasteiger partial charge in [0.1, 0.15) is 0 Å². The van der Waals surface area contributed by atoms with Crippen LogP contribution in [0.3, 0.4) is 0 Å². The molecule has 2 N–H and O–H groups in total. The van der Waals surface area contributed by atoms with E-state index in [-0.39, 0.29) is 0 Å². The molecule has 2 nitrogen and oxygen atoms in total.